The average molecular weight is 267 g/mol. The summed E-state index contributed by atoms with van der Waals surface area (Å²) in [5.41, 5.74) is 6.20. The van der Waals surface area contributed by atoms with Crippen LogP contribution in [0.5, 0.6) is 0 Å². The summed E-state index contributed by atoms with van der Waals surface area (Å²) < 4.78 is 0. The predicted molar refractivity (Wildman–Crippen MR) is 77.8 cm³/mol. The highest BCUT2D eigenvalue weighted by Gasteiger charge is 2.37. The molecule has 3 atom stereocenters. The third kappa shape index (κ3) is 3.29. The number of carbonyl (C=O) groups excluding carboxylic acids is 1. The van der Waals surface area contributed by atoms with Crippen LogP contribution >= 0.6 is 0 Å². The number of nitrogens with zero attached hydrogens (tertiary/aromatic N) is 2. The van der Waals surface area contributed by atoms with Gasteiger partial charge in [0.15, 0.2) is 0 Å². The normalized spacial score (nSPS) is 34.2. The predicted octanol–water partition coefficient (Wildman–Crippen LogP) is 1.30. The number of carbonyl (C=O) groups is 1. The summed E-state index contributed by atoms with van der Waals surface area (Å²) in [6, 6.07) is 0.468. The fourth-order valence-corrected chi connectivity index (χ4v) is 3.68. The quantitative estimate of drug-likeness (QED) is 0.820. The van der Waals surface area contributed by atoms with E-state index in [-0.39, 0.29) is 17.9 Å². The number of nitrogens with two attached hydrogens (primary N) is 1. The molecule has 0 radical (unpaired) electrons. The number of amides is 1. The number of hydrogen-bond acceptors (Lipinski definition) is 3. The van der Waals surface area contributed by atoms with Gasteiger partial charge in [0, 0.05) is 19.1 Å². The van der Waals surface area contributed by atoms with Crippen molar-refractivity contribution in [2.45, 2.75) is 51.1 Å². The molecule has 2 rings (SSSR count). The molecule has 0 bridgehead atoms. The fraction of sp³-hybridized carbons (Fsp3) is 0.933. The summed E-state index contributed by atoms with van der Waals surface area (Å²) in [5, 5.41) is 0. The molecule has 1 heterocycles. The Balaban J connectivity index is 1.97. The van der Waals surface area contributed by atoms with E-state index in [2.05, 4.69) is 18.9 Å². The van der Waals surface area contributed by atoms with E-state index in [9.17, 15) is 4.79 Å². The molecule has 2 N–H and O–H groups in total. The van der Waals surface area contributed by atoms with E-state index in [0.29, 0.717) is 12.0 Å². The van der Waals surface area contributed by atoms with Crippen LogP contribution in [0.25, 0.3) is 0 Å². The molecule has 1 saturated heterocycles. The molecule has 0 aromatic heterocycles. The van der Waals surface area contributed by atoms with Crippen LogP contribution in [0, 0.1) is 11.8 Å². The number of likely N-dealkylation sites (tertiary alicyclic amines) is 1. The number of hydrogen-bond donors (Lipinski definition) is 1. The van der Waals surface area contributed by atoms with E-state index >= 15 is 0 Å². The molecule has 0 spiro atoms. The third-order valence-corrected chi connectivity index (χ3v) is 5.14. The minimum Gasteiger partial charge on any atom is -0.342 e. The fourth-order valence-electron chi connectivity index (χ4n) is 3.68. The lowest BCUT2D eigenvalue weighted by Crippen LogP contribution is -2.52. The van der Waals surface area contributed by atoms with Gasteiger partial charge in [-0.3, -0.25) is 4.79 Å². The molecule has 2 fully saturated rings. The highest BCUT2D eigenvalue weighted by Crippen LogP contribution is 2.31. The molecule has 4 nitrogen and oxygen atoms in total. The van der Waals surface area contributed by atoms with Crippen molar-refractivity contribution >= 4 is 5.91 Å². The summed E-state index contributed by atoms with van der Waals surface area (Å²) in [5.74, 6) is 0.762. The molecule has 1 aliphatic carbocycles. The van der Waals surface area contributed by atoms with Gasteiger partial charge in [-0.05, 0) is 51.7 Å². The van der Waals surface area contributed by atoms with Crippen LogP contribution in [-0.4, -0.2) is 55.0 Å². The first-order valence-electron chi connectivity index (χ1n) is 7.71. The molecule has 1 saturated carbocycles. The molecule has 3 unspecified atom stereocenters. The SMILES string of the molecule is CC1CCCC(N)C1C(=O)N(C)C1CCN(C)CC1. The molecular weight excluding hydrogens is 238 g/mol. The van der Waals surface area contributed by atoms with Crippen LogP contribution in [0.1, 0.15) is 39.0 Å². The van der Waals surface area contributed by atoms with Gasteiger partial charge in [-0.15, -0.1) is 0 Å². The molecule has 110 valence electrons. The van der Waals surface area contributed by atoms with Crippen molar-refractivity contribution in [1.82, 2.24) is 9.80 Å². The van der Waals surface area contributed by atoms with Gasteiger partial charge in [0.25, 0.3) is 0 Å². The van der Waals surface area contributed by atoms with Crippen molar-refractivity contribution in [2.75, 3.05) is 27.2 Å². The largest absolute Gasteiger partial charge is 0.342 e. The average Bonchev–Trinajstić information content (AvgIpc) is 2.38. The zero-order chi connectivity index (χ0) is 14.0. The number of rotatable bonds is 2. The minimum absolute atomic E-state index is 0.0402. The van der Waals surface area contributed by atoms with E-state index in [1.807, 2.05) is 11.9 Å². The summed E-state index contributed by atoms with van der Waals surface area (Å²) in [6.45, 7) is 4.37. The summed E-state index contributed by atoms with van der Waals surface area (Å²) >= 11 is 0. The van der Waals surface area contributed by atoms with Gasteiger partial charge in [-0.2, -0.15) is 0 Å². The highest BCUT2D eigenvalue weighted by molar-refractivity contribution is 5.80. The smallest absolute Gasteiger partial charge is 0.227 e. The monoisotopic (exact) mass is 267 g/mol. The van der Waals surface area contributed by atoms with Gasteiger partial charge >= 0.3 is 0 Å². The molecule has 4 heteroatoms. The molecular formula is C15H29N3O. The first kappa shape index (κ1) is 14.8. The van der Waals surface area contributed by atoms with E-state index in [1.54, 1.807) is 0 Å². The van der Waals surface area contributed by atoms with Crippen LogP contribution in [0.15, 0.2) is 0 Å². The lowest BCUT2D eigenvalue weighted by molar-refractivity contribution is -0.140. The molecule has 1 aliphatic heterocycles. The van der Waals surface area contributed by atoms with Gasteiger partial charge in [-0.1, -0.05) is 13.3 Å². The van der Waals surface area contributed by atoms with Crippen molar-refractivity contribution in [3.63, 3.8) is 0 Å². The second kappa shape index (κ2) is 6.23. The van der Waals surface area contributed by atoms with Gasteiger partial charge in [-0.25, -0.2) is 0 Å². The standard InChI is InChI=1S/C15H29N3O/c1-11-5-4-6-13(16)14(11)15(19)18(3)12-7-9-17(2)10-8-12/h11-14H,4-10,16H2,1-3H3. The molecule has 0 aromatic rings. The van der Waals surface area contributed by atoms with E-state index in [4.69, 9.17) is 5.73 Å². The maximum Gasteiger partial charge on any atom is 0.227 e. The van der Waals surface area contributed by atoms with Gasteiger partial charge in [0.2, 0.25) is 5.91 Å². The van der Waals surface area contributed by atoms with Crippen molar-refractivity contribution in [1.29, 1.82) is 0 Å². The Kier molecular flexibility index (Phi) is 4.85. The summed E-state index contributed by atoms with van der Waals surface area (Å²) in [7, 11) is 4.13. The third-order valence-electron chi connectivity index (χ3n) is 5.14. The Morgan fingerprint density at radius 3 is 2.42 bits per heavy atom. The minimum atomic E-state index is 0.0402. The summed E-state index contributed by atoms with van der Waals surface area (Å²) in [6.07, 6.45) is 5.50. The maximum absolute atomic E-state index is 12.7. The first-order valence-corrected chi connectivity index (χ1v) is 7.71. The van der Waals surface area contributed by atoms with Crippen LogP contribution < -0.4 is 5.73 Å². The maximum atomic E-state index is 12.7. The number of piperidine rings is 1. The van der Waals surface area contributed by atoms with Gasteiger partial charge < -0.3 is 15.5 Å². The second-order valence-electron chi connectivity index (χ2n) is 6.58. The zero-order valence-electron chi connectivity index (χ0n) is 12.6. The van der Waals surface area contributed by atoms with Crippen molar-refractivity contribution < 1.29 is 4.79 Å². The van der Waals surface area contributed by atoms with Gasteiger partial charge in [0.1, 0.15) is 0 Å². The van der Waals surface area contributed by atoms with Crippen molar-refractivity contribution in [3.8, 4) is 0 Å². The van der Waals surface area contributed by atoms with Crippen LogP contribution in [-0.2, 0) is 4.79 Å². The van der Waals surface area contributed by atoms with Crippen LogP contribution in [0.4, 0.5) is 0 Å². The Hall–Kier alpha value is -0.610. The van der Waals surface area contributed by atoms with Crippen molar-refractivity contribution in [3.05, 3.63) is 0 Å². The Morgan fingerprint density at radius 2 is 1.84 bits per heavy atom. The Labute approximate surface area is 117 Å². The summed E-state index contributed by atoms with van der Waals surface area (Å²) in [4.78, 5) is 17.1. The molecule has 0 aromatic carbocycles. The Bertz CT molecular complexity index is 303. The highest BCUT2D eigenvalue weighted by atomic mass is 16.2. The lowest BCUT2D eigenvalue weighted by atomic mass is 9.76. The Morgan fingerprint density at radius 1 is 1.21 bits per heavy atom. The van der Waals surface area contributed by atoms with Crippen LogP contribution in [0.2, 0.25) is 0 Å². The molecule has 2 aliphatic rings. The van der Waals surface area contributed by atoms with E-state index < -0.39 is 0 Å². The molecule has 1 amide bonds. The van der Waals surface area contributed by atoms with Crippen LogP contribution in [0.3, 0.4) is 0 Å². The first-order chi connectivity index (χ1) is 9.00. The second-order valence-corrected chi connectivity index (χ2v) is 6.58. The van der Waals surface area contributed by atoms with Crippen molar-refractivity contribution in [2.24, 2.45) is 17.6 Å². The van der Waals surface area contributed by atoms with Gasteiger partial charge in [0.05, 0.1) is 5.92 Å². The lowest BCUT2D eigenvalue weighted by Gasteiger charge is -2.40. The topological polar surface area (TPSA) is 49.6 Å². The van der Waals surface area contributed by atoms with E-state index in [0.717, 1.165) is 38.8 Å². The zero-order valence-corrected chi connectivity index (χ0v) is 12.6. The van der Waals surface area contributed by atoms with E-state index in [1.165, 1.54) is 6.42 Å². The molecule has 19 heavy (non-hydrogen) atoms.